The minimum absolute atomic E-state index is 0.0154. The molecule has 160 valence electrons. The van der Waals surface area contributed by atoms with Crippen LogP contribution in [0, 0.1) is 11.8 Å². The van der Waals surface area contributed by atoms with E-state index in [0.717, 1.165) is 51.4 Å². The molecular formula is C23H38O5. The molecule has 0 aromatic heterocycles. The molecule has 0 radical (unpaired) electrons. The minimum Gasteiger partial charge on any atom is -0.466 e. The van der Waals surface area contributed by atoms with Gasteiger partial charge in [-0.2, -0.15) is 0 Å². The monoisotopic (exact) mass is 394 g/mol. The van der Waals surface area contributed by atoms with E-state index in [9.17, 15) is 19.8 Å². The van der Waals surface area contributed by atoms with Crippen molar-refractivity contribution in [3.8, 4) is 0 Å². The molecular weight excluding hydrogens is 356 g/mol. The smallest absolute Gasteiger partial charge is 0.330 e. The Morgan fingerprint density at radius 1 is 1.25 bits per heavy atom. The molecule has 5 nitrogen and oxygen atoms in total. The van der Waals surface area contributed by atoms with Gasteiger partial charge in [0.1, 0.15) is 5.78 Å². The Kier molecular flexibility index (Phi) is 11.3. The summed E-state index contributed by atoms with van der Waals surface area (Å²) in [6.07, 6.45) is 12.7. The summed E-state index contributed by atoms with van der Waals surface area (Å²) in [4.78, 5) is 23.3. The molecule has 1 saturated carbocycles. The molecule has 2 N–H and O–H groups in total. The lowest BCUT2D eigenvalue weighted by atomic mass is 9.83. The molecule has 0 amide bonds. The molecule has 0 bridgehead atoms. The molecule has 28 heavy (non-hydrogen) atoms. The standard InChI is InChI=1S/C23H38O5/c1-4-6-15-23(27,5-2)16-11-13-19-18(20(24)17-21(19)25)12-9-7-8-10-14-22(26)28-3/h5,10,14,18-19,21,25,27H,2,4,6-9,11-13,15-17H2,1,3H3/t18-,19-,21-,23-/m1/s1. The first kappa shape index (κ1) is 24.6. The van der Waals surface area contributed by atoms with Crippen LogP contribution in [0.4, 0.5) is 0 Å². The Bertz CT molecular complexity index is 527. The fourth-order valence-electron chi connectivity index (χ4n) is 4.11. The highest BCUT2D eigenvalue weighted by atomic mass is 16.5. The van der Waals surface area contributed by atoms with Crippen molar-refractivity contribution in [2.75, 3.05) is 7.11 Å². The van der Waals surface area contributed by atoms with Crippen LogP contribution in [0.15, 0.2) is 24.8 Å². The number of rotatable bonds is 14. The highest BCUT2D eigenvalue weighted by molar-refractivity contribution is 5.84. The number of ether oxygens (including phenoxy) is 1. The van der Waals surface area contributed by atoms with Crippen molar-refractivity contribution < 1.29 is 24.5 Å². The van der Waals surface area contributed by atoms with Crippen molar-refractivity contribution in [1.82, 2.24) is 0 Å². The van der Waals surface area contributed by atoms with Crippen molar-refractivity contribution >= 4 is 11.8 Å². The predicted octanol–water partition coefficient (Wildman–Crippen LogP) is 4.12. The summed E-state index contributed by atoms with van der Waals surface area (Å²) in [6.45, 7) is 5.87. The van der Waals surface area contributed by atoms with Crippen molar-refractivity contribution in [3.63, 3.8) is 0 Å². The van der Waals surface area contributed by atoms with E-state index in [1.54, 1.807) is 12.2 Å². The Morgan fingerprint density at radius 2 is 1.96 bits per heavy atom. The molecule has 1 aliphatic rings. The van der Waals surface area contributed by atoms with Crippen LogP contribution in [-0.2, 0) is 14.3 Å². The third-order valence-corrected chi connectivity index (χ3v) is 5.92. The topological polar surface area (TPSA) is 83.8 Å². The second kappa shape index (κ2) is 12.9. The number of methoxy groups -OCH3 is 1. The van der Waals surface area contributed by atoms with Crippen LogP contribution >= 0.6 is 0 Å². The van der Waals surface area contributed by atoms with Gasteiger partial charge in [0.2, 0.25) is 0 Å². The van der Waals surface area contributed by atoms with E-state index in [4.69, 9.17) is 0 Å². The average Bonchev–Trinajstić information content (AvgIpc) is 2.95. The van der Waals surface area contributed by atoms with Gasteiger partial charge in [-0.25, -0.2) is 4.79 Å². The molecule has 1 fully saturated rings. The Morgan fingerprint density at radius 3 is 2.61 bits per heavy atom. The van der Waals surface area contributed by atoms with Gasteiger partial charge in [-0.15, -0.1) is 6.58 Å². The number of carbonyl (C=O) groups is 2. The van der Waals surface area contributed by atoms with E-state index in [-0.39, 0.29) is 30.0 Å². The summed E-state index contributed by atoms with van der Waals surface area (Å²) >= 11 is 0. The second-order valence-corrected chi connectivity index (χ2v) is 8.02. The Hall–Kier alpha value is -1.46. The van der Waals surface area contributed by atoms with Gasteiger partial charge < -0.3 is 14.9 Å². The molecule has 0 saturated heterocycles. The van der Waals surface area contributed by atoms with Gasteiger partial charge in [0.05, 0.1) is 18.8 Å². The van der Waals surface area contributed by atoms with Gasteiger partial charge >= 0.3 is 5.97 Å². The Labute approximate surface area is 169 Å². The number of unbranched alkanes of at least 4 members (excludes halogenated alkanes) is 3. The largest absolute Gasteiger partial charge is 0.466 e. The number of Topliss-reactive ketones (excluding diaryl/α,β-unsaturated/α-hetero) is 1. The zero-order chi connectivity index (χ0) is 21.0. The van der Waals surface area contributed by atoms with Crippen molar-refractivity contribution in [1.29, 1.82) is 0 Å². The molecule has 0 unspecified atom stereocenters. The van der Waals surface area contributed by atoms with Crippen molar-refractivity contribution in [3.05, 3.63) is 24.8 Å². The lowest BCUT2D eigenvalue weighted by Gasteiger charge is -2.26. The molecule has 0 aromatic rings. The van der Waals surface area contributed by atoms with E-state index in [1.165, 1.54) is 13.2 Å². The second-order valence-electron chi connectivity index (χ2n) is 8.02. The summed E-state index contributed by atoms with van der Waals surface area (Å²) in [5.41, 5.74) is -0.842. The first-order chi connectivity index (χ1) is 13.4. The molecule has 0 spiro atoms. The lowest BCUT2D eigenvalue weighted by Crippen LogP contribution is -2.27. The van der Waals surface area contributed by atoms with Gasteiger partial charge in [-0.3, -0.25) is 4.79 Å². The van der Waals surface area contributed by atoms with Crippen LogP contribution in [0.25, 0.3) is 0 Å². The van der Waals surface area contributed by atoms with E-state index < -0.39 is 11.7 Å². The summed E-state index contributed by atoms with van der Waals surface area (Å²) in [5, 5.41) is 20.9. The molecule has 0 aromatic carbocycles. The first-order valence-corrected chi connectivity index (χ1v) is 10.7. The molecule has 0 aliphatic heterocycles. The van der Waals surface area contributed by atoms with Gasteiger partial charge in [0.15, 0.2) is 0 Å². The van der Waals surface area contributed by atoms with E-state index in [2.05, 4.69) is 18.2 Å². The van der Waals surface area contributed by atoms with Crippen LogP contribution in [0.3, 0.4) is 0 Å². The van der Waals surface area contributed by atoms with Crippen LogP contribution in [0.1, 0.15) is 77.6 Å². The van der Waals surface area contributed by atoms with Crippen LogP contribution in [0.5, 0.6) is 0 Å². The minimum atomic E-state index is -0.842. The average molecular weight is 395 g/mol. The van der Waals surface area contributed by atoms with Crippen LogP contribution in [-0.4, -0.2) is 40.8 Å². The molecule has 5 heteroatoms. The van der Waals surface area contributed by atoms with E-state index in [1.807, 2.05) is 0 Å². The van der Waals surface area contributed by atoms with E-state index >= 15 is 0 Å². The van der Waals surface area contributed by atoms with Gasteiger partial charge in [0.25, 0.3) is 0 Å². The number of carbonyl (C=O) groups excluding carboxylic acids is 2. The SMILES string of the molecule is C=C[C@@](O)(CCCC)CCC[C@H]1[C@H](O)CC(=O)[C@@H]1CCCCC=CC(=O)OC. The number of hydrogen-bond acceptors (Lipinski definition) is 5. The van der Waals surface area contributed by atoms with E-state index in [0.29, 0.717) is 12.8 Å². The molecule has 0 heterocycles. The maximum absolute atomic E-state index is 12.3. The molecule has 4 atom stereocenters. The number of aliphatic hydroxyl groups excluding tert-OH is 1. The van der Waals surface area contributed by atoms with Gasteiger partial charge in [-0.1, -0.05) is 38.3 Å². The van der Waals surface area contributed by atoms with Crippen LogP contribution < -0.4 is 0 Å². The summed E-state index contributed by atoms with van der Waals surface area (Å²) < 4.78 is 4.55. The van der Waals surface area contributed by atoms with Crippen LogP contribution in [0.2, 0.25) is 0 Å². The molecule has 1 aliphatic carbocycles. The number of esters is 1. The predicted molar refractivity (Wildman–Crippen MR) is 111 cm³/mol. The first-order valence-electron chi connectivity index (χ1n) is 10.7. The summed E-state index contributed by atoms with van der Waals surface area (Å²) in [6, 6.07) is 0. The number of ketones is 1. The fraction of sp³-hybridized carbons (Fsp3) is 0.739. The zero-order valence-electron chi connectivity index (χ0n) is 17.6. The fourth-order valence-corrected chi connectivity index (χ4v) is 4.11. The molecule has 1 rings (SSSR count). The number of hydrogen-bond donors (Lipinski definition) is 2. The summed E-state index contributed by atoms with van der Waals surface area (Å²) in [5.74, 6) is -0.300. The van der Waals surface area contributed by atoms with Gasteiger partial charge in [0, 0.05) is 18.4 Å². The van der Waals surface area contributed by atoms with Gasteiger partial charge in [-0.05, 0) is 50.9 Å². The third kappa shape index (κ3) is 8.27. The van der Waals surface area contributed by atoms with Crippen molar-refractivity contribution in [2.24, 2.45) is 11.8 Å². The number of aliphatic hydroxyl groups is 2. The highest BCUT2D eigenvalue weighted by Crippen LogP contribution is 2.37. The quantitative estimate of drug-likeness (QED) is 0.200. The Balaban J connectivity index is 2.44. The normalized spacial score (nSPS) is 24.4. The summed E-state index contributed by atoms with van der Waals surface area (Å²) in [7, 11) is 1.35. The van der Waals surface area contributed by atoms with Crippen molar-refractivity contribution in [2.45, 2.75) is 89.3 Å². The third-order valence-electron chi connectivity index (χ3n) is 5.92. The number of allylic oxidation sites excluding steroid dienone is 1. The lowest BCUT2D eigenvalue weighted by molar-refractivity contribution is -0.134. The maximum Gasteiger partial charge on any atom is 0.330 e. The highest BCUT2D eigenvalue weighted by Gasteiger charge is 2.40. The zero-order valence-corrected chi connectivity index (χ0v) is 17.6. The maximum atomic E-state index is 12.3.